The van der Waals surface area contributed by atoms with Gasteiger partial charge in [-0.1, -0.05) is 13.0 Å². The summed E-state index contributed by atoms with van der Waals surface area (Å²) >= 11 is 0. The highest BCUT2D eigenvalue weighted by Crippen LogP contribution is 2.20. The van der Waals surface area contributed by atoms with E-state index in [1.165, 1.54) is 6.07 Å². The van der Waals surface area contributed by atoms with E-state index in [-0.39, 0.29) is 5.82 Å². The molecule has 2 rings (SSSR count). The van der Waals surface area contributed by atoms with Crippen LogP contribution < -0.4 is 5.32 Å². The van der Waals surface area contributed by atoms with Crippen molar-refractivity contribution in [1.29, 1.82) is 0 Å². The summed E-state index contributed by atoms with van der Waals surface area (Å²) in [5, 5.41) is 3.21. The predicted octanol–water partition coefficient (Wildman–Crippen LogP) is 3.45. The third-order valence-corrected chi connectivity index (χ3v) is 2.72. The molecule has 0 radical (unpaired) electrons. The minimum Gasteiger partial charge on any atom is -0.355 e. The molecule has 0 saturated carbocycles. The van der Waals surface area contributed by atoms with E-state index in [0.717, 1.165) is 24.2 Å². The van der Waals surface area contributed by atoms with Crippen LogP contribution in [0.1, 0.15) is 24.6 Å². The summed E-state index contributed by atoms with van der Waals surface area (Å²) in [5.41, 5.74) is 2.31. The molecule has 1 aromatic carbocycles. The van der Waals surface area contributed by atoms with Crippen molar-refractivity contribution in [3.05, 3.63) is 41.5 Å². The van der Waals surface area contributed by atoms with Gasteiger partial charge >= 0.3 is 0 Å². The lowest BCUT2D eigenvalue weighted by Gasteiger charge is -2.10. The Morgan fingerprint density at radius 1 is 1.33 bits per heavy atom. The SMILES string of the molecule is CCCNc1nc(C)cn1-c1ccc(C)cc1F. The fourth-order valence-corrected chi connectivity index (χ4v) is 1.85. The van der Waals surface area contributed by atoms with E-state index in [1.807, 2.05) is 26.1 Å². The standard InChI is InChI=1S/C14H18FN3/c1-4-7-16-14-17-11(3)9-18(14)13-6-5-10(2)8-12(13)15/h5-6,8-9H,4,7H2,1-3H3,(H,16,17). The lowest BCUT2D eigenvalue weighted by Crippen LogP contribution is -2.07. The third kappa shape index (κ3) is 2.53. The Balaban J connectivity index is 2.42. The van der Waals surface area contributed by atoms with Gasteiger partial charge < -0.3 is 5.32 Å². The van der Waals surface area contributed by atoms with Crippen molar-refractivity contribution in [3.63, 3.8) is 0 Å². The zero-order chi connectivity index (χ0) is 13.1. The predicted molar refractivity (Wildman–Crippen MR) is 71.8 cm³/mol. The molecule has 0 amide bonds. The van der Waals surface area contributed by atoms with Crippen molar-refractivity contribution in [2.24, 2.45) is 0 Å². The fourth-order valence-electron chi connectivity index (χ4n) is 1.85. The molecule has 0 spiro atoms. The molecule has 1 N–H and O–H groups in total. The van der Waals surface area contributed by atoms with Crippen molar-refractivity contribution >= 4 is 5.95 Å². The van der Waals surface area contributed by atoms with E-state index in [2.05, 4.69) is 17.2 Å². The topological polar surface area (TPSA) is 29.9 Å². The normalized spacial score (nSPS) is 10.7. The number of aryl methyl sites for hydroxylation is 2. The average Bonchev–Trinajstić information content (AvgIpc) is 2.67. The Morgan fingerprint density at radius 2 is 2.11 bits per heavy atom. The van der Waals surface area contributed by atoms with Crippen LogP contribution in [0.25, 0.3) is 5.69 Å². The molecule has 0 saturated heterocycles. The number of hydrogen-bond acceptors (Lipinski definition) is 2. The largest absolute Gasteiger partial charge is 0.355 e. The van der Waals surface area contributed by atoms with Crippen molar-refractivity contribution < 1.29 is 4.39 Å². The van der Waals surface area contributed by atoms with Gasteiger partial charge in [-0.15, -0.1) is 0 Å². The Labute approximate surface area is 107 Å². The molecule has 4 heteroatoms. The number of imidazole rings is 1. The van der Waals surface area contributed by atoms with E-state index in [4.69, 9.17) is 0 Å². The quantitative estimate of drug-likeness (QED) is 0.896. The second-order valence-electron chi connectivity index (χ2n) is 4.46. The second-order valence-corrected chi connectivity index (χ2v) is 4.46. The minimum atomic E-state index is -0.230. The monoisotopic (exact) mass is 247 g/mol. The molecular weight excluding hydrogens is 229 g/mol. The van der Waals surface area contributed by atoms with Gasteiger partial charge in [0.25, 0.3) is 0 Å². The molecule has 18 heavy (non-hydrogen) atoms. The van der Waals surface area contributed by atoms with Crippen LogP contribution in [-0.2, 0) is 0 Å². The third-order valence-electron chi connectivity index (χ3n) is 2.72. The molecule has 2 aromatic rings. The summed E-state index contributed by atoms with van der Waals surface area (Å²) < 4.78 is 15.7. The van der Waals surface area contributed by atoms with Gasteiger partial charge in [-0.3, -0.25) is 4.57 Å². The maximum absolute atomic E-state index is 14.0. The van der Waals surface area contributed by atoms with E-state index in [9.17, 15) is 4.39 Å². The highest BCUT2D eigenvalue weighted by molar-refractivity contribution is 5.45. The Morgan fingerprint density at radius 3 is 2.78 bits per heavy atom. The van der Waals surface area contributed by atoms with Crippen LogP contribution in [0.15, 0.2) is 24.4 Å². The Bertz CT molecular complexity index is 546. The summed E-state index contributed by atoms with van der Waals surface area (Å²) in [4.78, 5) is 4.37. The molecule has 1 aromatic heterocycles. The first-order valence-corrected chi connectivity index (χ1v) is 6.18. The molecule has 0 bridgehead atoms. The molecular formula is C14H18FN3. The van der Waals surface area contributed by atoms with E-state index >= 15 is 0 Å². The number of aromatic nitrogens is 2. The van der Waals surface area contributed by atoms with Gasteiger partial charge in [0.05, 0.1) is 11.4 Å². The summed E-state index contributed by atoms with van der Waals surface area (Å²) in [6.45, 7) is 6.69. The lowest BCUT2D eigenvalue weighted by molar-refractivity contribution is 0.617. The maximum Gasteiger partial charge on any atom is 0.207 e. The van der Waals surface area contributed by atoms with Gasteiger partial charge in [0.15, 0.2) is 0 Å². The number of anilines is 1. The maximum atomic E-state index is 14.0. The number of benzene rings is 1. The molecule has 1 heterocycles. The van der Waals surface area contributed by atoms with E-state index in [1.54, 1.807) is 10.6 Å². The molecule has 0 aliphatic carbocycles. The van der Waals surface area contributed by atoms with Gasteiger partial charge in [0.2, 0.25) is 5.95 Å². The molecule has 0 fully saturated rings. The lowest BCUT2D eigenvalue weighted by atomic mass is 10.2. The number of nitrogens with zero attached hydrogens (tertiary/aromatic N) is 2. The van der Waals surface area contributed by atoms with Crippen LogP contribution in [0.5, 0.6) is 0 Å². The summed E-state index contributed by atoms with van der Waals surface area (Å²) in [6, 6.07) is 5.22. The first-order valence-electron chi connectivity index (χ1n) is 6.18. The first kappa shape index (κ1) is 12.6. The van der Waals surface area contributed by atoms with Gasteiger partial charge in [-0.25, -0.2) is 9.37 Å². The van der Waals surface area contributed by atoms with Crippen LogP contribution in [0.4, 0.5) is 10.3 Å². The van der Waals surface area contributed by atoms with Crippen molar-refractivity contribution in [2.75, 3.05) is 11.9 Å². The Hall–Kier alpha value is -1.84. The second kappa shape index (κ2) is 5.21. The molecule has 0 aliphatic heterocycles. The summed E-state index contributed by atoms with van der Waals surface area (Å²) in [6.07, 6.45) is 2.84. The first-order chi connectivity index (χ1) is 8.61. The summed E-state index contributed by atoms with van der Waals surface area (Å²) in [5.74, 6) is 0.462. The molecule has 0 aliphatic rings. The van der Waals surface area contributed by atoms with Crippen LogP contribution in [0.2, 0.25) is 0 Å². The Kier molecular flexibility index (Phi) is 3.65. The molecule has 3 nitrogen and oxygen atoms in total. The van der Waals surface area contributed by atoms with Crippen molar-refractivity contribution in [3.8, 4) is 5.69 Å². The number of nitrogens with one attached hydrogen (secondary N) is 1. The zero-order valence-corrected chi connectivity index (χ0v) is 11.0. The van der Waals surface area contributed by atoms with Crippen LogP contribution in [-0.4, -0.2) is 16.1 Å². The van der Waals surface area contributed by atoms with Gasteiger partial charge in [-0.2, -0.15) is 0 Å². The smallest absolute Gasteiger partial charge is 0.207 e. The number of rotatable bonds is 4. The minimum absolute atomic E-state index is 0.230. The summed E-state index contributed by atoms with van der Waals surface area (Å²) in [7, 11) is 0. The highest BCUT2D eigenvalue weighted by atomic mass is 19.1. The molecule has 0 unspecified atom stereocenters. The fraction of sp³-hybridized carbons (Fsp3) is 0.357. The number of hydrogen-bond donors (Lipinski definition) is 1. The van der Waals surface area contributed by atoms with Gasteiger partial charge in [0, 0.05) is 12.7 Å². The van der Waals surface area contributed by atoms with E-state index in [0.29, 0.717) is 11.6 Å². The molecule has 0 atom stereocenters. The highest BCUT2D eigenvalue weighted by Gasteiger charge is 2.10. The average molecular weight is 247 g/mol. The zero-order valence-electron chi connectivity index (χ0n) is 11.0. The van der Waals surface area contributed by atoms with Crippen LogP contribution in [0.3, 0.4) is 0 Å². The molecule has 96 valence electrons. The van der Waals surface area contributed by atoms with Crippen LogP contribution in [0, 0.1) is 19.7 Å². The number of halogens is 1. The van der Waals surface area contributed by atoms with E-state index < -0.39 is 0 Å². The van der Waals surface area contributed by atoms with Crippen molar-refractivity contribution in [1.82, 2.24) is 9.55 Å². The van der Waals surface area contributed by atoms with Crippen LogP contribution >= 0.6 is 0 Å². The van der Waals surface area contributed by atoms with Gasteiger partial charge in [-0.05, 0) is 38.0 Å². The van der Waals surface area contributed by atoms with Crippen molar-refractivity contribution in [2.45, 2.75) is 27.2 Å². The van der Waals surface area contributed by atoms with Gasteiger partial charge in [0.1, 0.15) is 5.82 Å².